The van der Waals surface area contributed by atoms with Crippen LogP contribution in [0.2, 0.25) is 0 Å². The Hall–Kier alpha value is -1.43. The van der Waals surface area contributed by atoms with Crippen LogP contribution in [0.15, 0.2) is 30.3 Å². The van der Waals surface area contributed by atoms with Crippen molar-refractivity contribution in [3.8, 4) is 0 Å². The second-order valence-electron chi connectivity index (χ2n) is 3.96. The Labute approximate surface area is 99.9 Å². The fourth-order valence-corrected chi connectivity index (χ4v) is 1.78. The highest BCUT2D eigenvalue weighted by Gasteiger charge is 2.29. The van der Waals surface area contributed by atoms with Crippen LogP contribution >= 0.6 is 0 Å². The topological polar surface area (TPSA) is 61.8 Å². The molecule has 2 rings (SSSR count). The molecule has 1 unspecified atom stereocenters. The van der Waals surface area contributed by atoms with Crippen molar-refractivity contribution >= 4 is 5.97 Å². The van der Waals surface area contributed by atoms with E-state index in [-0.39, 0.29) is 0 Å². The van der Waals surface area contributed by atoms with Gasteiger partial charge in [-0.3, -0.25) is 9.63 Å². The Kier molecular flexibility index (Phi) is 4.08. The molecule has 0 radical (unpaired) electrons. The fourth-order valence-electron chi connectivity index (χ4n) is 1.78. The number of nitrogens with one attached hydrogen (secondary N) is 1. The lowest BCUT2D eigenvalue weighted by atomic mass is 10.2. The Morgan fingerprint density at radius 1 is 1.47 bits per heavy atom. The van der Waals surface area contributed by atoms with E-state index in [1.807, 2.05) is 30.3 Å². The number of piperazine rings is 1. The van der Waals surface area contributed by atoms with Gasteiger partial charge in [-0.1, -0.05) is 30.3 Å². The van der Waals surface area contributed by atoms with Gasteiger partial charge < -0.3 is 10.4 Å². The summed E-state index contributed by atoms with van der Waals surface area (Å²) in [7, 11) is 0. The molecule has 1 saturated heterocycles. The molecule has 0 spiro atoms. The van der Waals surface area contributed by atoms with Crippen LogP contribution in [0.25, 0.3) is 0 Å². The number of rotatable bonds is 4. The lowest BCUT2D eigenvalue weighted by molar-refractivity contribution is -0.211. The maximum atomic E-state index is 11.0. The zero-order chi connectivity index (χ0) is 12.1. The van der Waals surface area contributed by atoms with Crippen LogP contribution in [0.1, 0.15) is 5.56 Å². The quantitative estimate of drug-likeness (QED) is 0.796. The molecule has 0 bridgehead atoms. The molecule has 1 aromatic carbocycles. The number of carboxylic acid groups (broad SMARTS) is 1. The van der Waals surface area contributed by atoms with Crippen molar-refractivity contribution in [1.82, 2.24) is 10.4 Å². The molecule has 0 amide bonds. The summed E-state index contributed by atoms with van der Waals surface area (Å²) < 4.78 is 0. The molecule has 0 aliphatic carbocycles. The van der Waals surface area contributed by atoms with E-state index in [2.05, 4.69) is 5.32 Å². The van der Waals surface area contributed by atoms with Crippen LogP contribution < -0.4 is 5.32 Å². The van der Waals surface area contributed by atoms with Crippen LogP contribution in [-0.4, -0.2) is 41.8 Å². The minimum atomic E-state index is -0.856. The van der Waals surface area contributed by atoms with E-state index in [0.29, 0.717) is 19.7 Å². The van der Waals surface area contributed by atoms with E-state index < -0.39 is 12.0 Å². The van der Waals surface area contributed by atoms with Gasteiger partial charge in [0.1, 0.15) is 6.04 Å². The first-order valence-electron chi connectivity index (χ1n) is 5.64. The molecule has 17 heavy (non-hydrogen) atoms. The largest absolute Gasteiger partial charge is 0.480 e. The number of nitrogens with zero attached hydrogens (tertiary/aromatic N) is 1. The van der Waals surface area contributed by atoms with Crippen molar-refractivity contribution < 1.29 is 14.7 Å². The number of hydrogen-bond acceptors (Lipinski definition) is 4. The molecule has 1 aromatic rings. The highest BCUT2D eigenvalue weighted by molar-refractivity contribution is 5.73. The molecule has 5 nitrogen and oxygen atoms in total. The van der Waals surface area contributed by atoms with Gasteiger partial charge in [-0.2, -0.15) is 5.06 Å². The third-order valence-corrected chi connectivity index (χ3v) is 2.72. The van der Waals surface area contributed by atoms with Gasteiger partial charge in [-0.15, -0.1) is 0 Å². The number of carbonyl (C=O) groups is 1. The summed E-state index contributed by atoms with van der Waals surface area (Å²) in [6, 6.07) is 9.12. The molecular formula is C12H16N2O3. The van der Waals surface area contributed by atoms with E-state index in [0.717, 1.165) is 12.1 Å². The summed E-state index contributed by atoms with van der Waals surface area (Å²) in [5, 5.41) is 13.6. The highest BCUT2D eigenvalue weighted by Crippen LogP contribution is 2.08. The minimum Gasteiger partial charge on any atom is -0.480 e. The number of carboxylic acids is 1. The summed E-state index contributed by atoms with van der Waals surface area (Å²) in [6.07, 6.45) is 0. The molecule has 2 N–H and O–H groups in total. The monoisotopic (exact) mass is 236 g/mol. The lowest BCUT2D eigenvalue weighted by Crippen LogP contribution is -2.54. The standard InChI is InChI=1S/C12H16N2O3/c15-12(16)11-8-13-6-7-14(11)17-9-10-4-2-1-3-5-10/h1-5,11,13H,6-9H2,(H,15,16). The fraction of sp³-hybridized carbons (Fsp3) is 0.417. The summed E-state index contributed by atoms with van der Waals surface area (Å²) in [6.45, 7) is 2.16. The Morgan fingerprint density at radius 3 is 2.94 bits per heavy atom. The number of benzene rings is 1. The van der Waals surface area contributed by atoms with Crippen molar-refractivity contribution in [2.24, 2.45) is 0 Å². The Bertz CT molecular complexity index is 369. The van der Waals surface area contributed by atoms with E-state index >= 15 is 0 Å². The summed E-state index contributed by atoms with van der Waals surface area (Å²) in [4.78, 5) is 16.6. The normalized spacial score (nSPS) is 21.3. The van der Waals surface area contributed by atoms with Crippen LogP contribution in [0.3, 0.4) is 0 Å². The van der Waals surface area contributed by atoms with E-state index in [4.69, 9.17) is 9.94 Å². The molecule has 5 heteroatoms. The van der Waals surface area contributed by atoms with Gasteiger partial charge in [-0.25, -0.2) is 0 Å². The second-order valence-corrected chi connectivity index (χ2v) is 3.96. The predicted molar refractivity (Wildman–Crippen MR) is 62.2 cm³/mol. The molecule has 0 aromatic heterocycles. The Balaban J connectivity index is 1.90. The molecule has 1 atom stereocenters. The van der Waals surface area contributed by atoms with Gasteiger partial charge in [0.15, 0.2) is 0 Å². The lowest BCUT2D eigenvalue weighted by Gasteiger charge is -2.32. The average Bonchev–Trinajstić information content (AvgIpc) is 2.38. The number of hydroxylamine groups is 2. The highest BCUT2D eigenvalue weighted by atomic mass is 16.7. The molecule has 1 aliphatic rings. The second kappa shape index (κ2) is 5.77. The Morgan fingerprint density at radius 2 is 2.24 bits per heavy atom. The molecule has 0 saturated carbocycles. The molecule has 1 fully saturated rings. The van der Waals surface area contributed by atoms with Crippen molar-refractivity contribution in [2.45, 2.75) is 12.6 Å². The van der Waals surface area contributed by atoms with Crippen LogP contribution in [0.4, 0.5) is 0 Å². The first kappa shape index (κ1) is 12.0. The minimum absolute atomic E-state index is 0.407. The van der Waals surface area contributed by atoms with E-state index in [1.165, 1.54) is 0 Å². The average molecular weight is 236 g/mol. The van der Waals surface area contributed by atoms with Crippen molar-refractivity contribution in [3.63, 3.8) is 0 Å². The zero-order valence-electron chi connectivity index (χ0n) is 9.50. The molecular weight excluding hydrogens is 220 g/mol. The number of hydrogen-bond donors (Lipinski definition) is 2. The van der Waals surface area contributed by atoms with Crippen molar-refractivity contribution in [2.75, 3.05) is 19.6 Å². The third-order valence-electron chi connectivity index (χ3n) is 2.72. The van der Waals surface area contributed by atoms with Crippen LogP contribution in [0, 0.1) is 0 Å². The predicted octanol–water partition coefficient (Wildman–Crippen LogP) is 0.477. The van der Waals surface area contributed by atoms with Gasteiger partial charge in [0.25, 0.3) is 0 Å². The van der Waals surface area contributed by atoms with E-state index in [9.17, 15) is 4.79 Å². The zero-order valence-corrected chi connectivity index (χ0v) is 9.50. The van der Waals surface area contributed by atoms with Gasteiger partial charge in [0.2, 0.25) is 0 Å². The van der Waals surface area contributed by atoms with Gasteiger partial charge in [0.05, 0.1) is 6.61 Å². The first-order chi connectivity index (χ1) is 8.27. The number of aliphatic carboxylic acids is 1. The van der Waals surface area contributed by atoms with Gasteiger partial charge >= 0.3 is 5.97 Å². The maximum absolute atomic E-state index is 11.0. The first-order valence-corrected chi connectivity index (χ1v) is 5.64. The van der Waals surface area contributed by atoms with Gasteiger partial charge in [-0.05, 0) is 5.56 Å². The van der Waals surface area contributed by atoms with Crippen LogP contribution in [0.5, 0.6) is 0 Å². The van der Waals surface area contributed by atoms with Crippen molar-refractivity contribution in [3.05, 3.63) is 35.9 Å². The van der Waals surface area contributed by atoms with E-state index in [1.54, 1.807) is 5.06 Å². The summed E-state index contributed by atoms with van der Waals surface area (Å²) in [5.74, 6) is -0.856. The smallest absolute Gasteiger partial charge is 0.324 e. The summed E-state index contributed by atoms with van der Waals surface area (Å²) >= 11 is 0. The maximum Gasteiger partial charge on any atom is 0.324 e. The van der Waals surface area contributed by atoms with Crippen molar-refractivity contribution in [1.29, 1.82) is 0 Å². The van der Waals surface area contributed by atoms with Gasteiger partial charge in [0, 0.05) is 19.6 Å². The molecule has 1 heterocycles. The van der Waals surface area contributed by atoms with Crippen LogP contribution in [-0.2, 0) is 16.2 Å². The molecule has 92 valence electrons. The summed E-state index contributed by atoms with van der Waals surface area (Å²) in [5.41, 5.74) is 1.04. The SMILES string of the molecule is O=C(O)C1CNCCN1OCc1ccccc1. The third kappa shape index (κ3) is 3.26. The molecule has 1 aliphatic heterocycles.